The van der Waals surface area contributed by atoms with Crippen LogP contribution in [0.2, 0.25) is 0 Å². The second-order valence-electron chi connectivity index (χ2n) is 3.47. The molecule has 16 heavy (non-hydrogen) atoms. The van der Waals surface area contributed by atoms with E-state index in [2.05, 4.69) is 0 Å². The minimum absolute atomic E-state index is 0.172. The smallest absolute Gasteiger partial charge is 0.310 e. The number of esters is 1. The summed E-state index contributed by atoms with van der Waals surface area (Å²) in [6.07, 6.45) is 1.43. The van der Waals surface area contributed by atoms with Gasteiger partial charge < -0.3 is 19.9 Å². The van der Waals surface area contributed by atoms with Crippen LogP contribution in [0, 0.1) is 5.92 Å². The van der Waals surface area contributed by atoms with Crippen molar-refractivity contribution in [3.8, 4) is 0 Å². The van der Waals surface area contributed by atoms with Crippen LogP contribution in [0.4, 0.5) is 0 Å². The van der Waals surface area contributed by atoms with Crippen molar-refractivity contribution in [3.05, 3.63) is 0 Å². The fourth-order valence-corrected chi connectivity index (χ4v) is 1.13. The number of rotatable bonds is 10. The lowest BCUT2D eigenvalue weighted by Crippen LogP contribution is -2.25. The van der Waals surface area contributed by atoms with Crippen LogP contribution in [-0.4, -0.2) is 46.1 Å². The first-order chi connectivity index (χ1) is 7.76. The van der Waals surface area contributed by atoms with Crippen molar-refractivity contribution >= 4 is 5.97 Å². The summed E-state index contributed by atoms with van der Waals surface area (Å²) in [6.45, 7) is 4.40. The molecular formula is C11H23NO4. The summed E-state index contributed by atoms with van der Waals surface area (Å²) in [5.74, 6) is -0.378. The van der Waals surface area contributed by atoms with Gasteiger partial charge in [-0.1, -0.05) is 6.92 Å². The quantitative estimate of drug-likeness (QED) is 0.441. The fraction of sp³-hybridized carbons (Fsp3) is 0.909. The molecule has 0 amide bonds. The Balaban J connectivity index is 3.33. The summed E-state index contributed by atoms with van der Waals surface area (Å²) in [5.41, 5.74) is 5.43. The molecular weight excluding hydrogens is 210 g/mol. The molecule has 1 unspecified atom stereocenters. The Morgan fingerprint density at radius 2 is 2.00 bits per heavy atom. The van der Waals surface area contributed by atoms with Gasteiger partial charge >= 0.3 is 5.97 Å². The summed E-state index contributed by atoms with van der Waals surface area (Å²) in [5, 5.41) is 0. The molecule has 0 aromatic carbocycles. The van der Waals surface area contributed by atoms with Crippen molar-refractivity contribution in [1.82, 2.24) is 0 Å². The van der Waals surface area contributed by atoms with Gasteiger partial charge in [-0.3, -0.25) is 4.79 Å². The monoisotopic (exact) mass is 233 g/mol. The van der Waals surface area contributed by atoms with Gasteiger partial charge in [0.2, 0.25) is 0 Å². The fourth-order valence-electron chi connectivity index (χ4n) is 1.13. The average molecular weight is 233 g/mol. The lowest BCUT2D eigenvalue weighted by Gasteiger charge is -2.11. The Labute approximate surface area is 97.2 Å². The maximum Gasteiger partial charge on any atom is 0.310 e. The van der Waals surface area contributed by atoms with Gasteiger partial charge in [-0.2, -0.15) is 0 Å². The number of hydrogen-bond donors (Lipinski definition) is 1. The van der Waals surface area contributed by atoms with E-state index in [0.717, 1.165) is 6.42 Å². The van der Waals surface area contributed by atoms with E-state index in [1.807, 2.05) is 6.92 Å². The van der Waals surface area contributed by atoms with Crippen LogP contribution in [0.1, 0.15) is 19.8 Å². The summed E-state index contributed by atoms with van der Waals surface area (Å²) in [7, 11) is 1.63. The molecule has 0 spiro atoms. The van der Waals surface area contributed by atoms with Gasteiger partial charge in [-0.15, -0.1) is 0 Å². The van der Waals surface area contributed by atoms with Crippen molar-refractivity contribution in [3.63, 3.8) is 0 Å². The SMILES string of the molecule is CCC(CN)C(=O)OCCCOCCOC. The van der Waals surface area contributed by atoms with Crippen LogP contribution in [0.15, 0.2) is 0 Å². The van der Waals surface area contributed by atoms with Crippen molar-refractivity contribution in [2.45, 2.75) is 19.8 Å². The summed E-state index contributed by atoms with van der Waals surface area (Å²) in [4.78, 5) is 11.4. The molecule has 0 aliphatic rings. The van der Waals surface area contributed by atoms with Gasteiger partial charge in [0.05, 0.1) is 25.7 Å². The van der Waals surface area contributed by atoms with Crippen LogP contribution in [0.5, 0.6) is 0 Å². The van der Waals surface area contributed by atoms with Crippen molar-refractivity contribution < 1.29 is 19.0 Å². The zero-order valence-electron chi connectivity index (χ0n) is 10.2. The predicted molar refractivity (Wildman–Crippen MR) is 61.1 cm³/mol. The number of hydrogen-bond acceptors (Lipinski definition) is 5. The van der Waals surface area contributed by atoms with Crippen molar-refractivity contribution in [2.24, 2.45) is 11.7 Å². The van der Waals surface area contributed by atoms with E-state index in [-0.39, 0.29) is 11.9 Å². The number of ether oxygens (including phenoxy) is 3. The van der Waals surface area contributed by atoms with E-state index in [1.165, 1.54) is 0 Å². The Morgan fingerprint density at radius 1 is 1.25 bits per heavy atom. The molecule has 0 aliphatic carbocycles. The Kier molecular flexibility index (Phi) is 10.4. The molecule has 1 atom stereocenters. The van der Waals surface area contributed by atoms with Crippen LogP contribution in [-0.2, 0) is 19.0 Å². The number of nitrogens with two attached hydrogens (primary N) is 1. The lowest BCUT2D eigenvalue weighted by atomic mass is 10.1. The van der Waals surface area contributed by atoms with Gasteiger partial charge in [-0.25, -0.2) is 0 Å². The molecule has 5 nitrogen and oxygen atoms in total. The van der Waals surface area contributed by atoms with Crippen LogP contribution >= 0.6 is 0 Å². The molecule has 0 saturated heterocycles. The second kappa shape index (κ2) is 10.9. The number of methoxy groups -OCH3 is 1. The standard InChI is InChI=1S/C11H23NO4/c1-3-10(9-12)11(13)16-6-4-5-15-8-7-14-2/h10H,3-9,12H2,1-2H3. The highest BCUT2D eigenvalue weighted by atomic mass is 16.5. The van der Waals surface area contributed by atoms with Crippen LogP contribution in [0.25, 0.3) is 0 Å². The molecule has 0 saturated carbocycles. The zero-order chi connectivity index (χ0) is 12.2. The topological polar surface area (TPSA) is 70.8 Å². The van der Waals surface area contributed by atoms with Crippen LogP contribution in [0.3, 0.4) is 0 Å². The number of carbonyl (C=O) groups excluding carboxylic acids is 1. The Bertz CT molecular complexity index is 171. The predicted octanol–water partition coefficient (Wildman–Crippen LogP) is 0.568. The molecule has 0 radical (unpaired) electrons. The number of carbonyl (C=O) groups is 1. The second-order valence-corrected chi connectivity index (χ2v) is 3.47. The molecule has 0 fully saturated rings. The van der Waals surface area contributed by atoms with Crippen molar-refractivity contribution in [2.75, 3.05) is 40.1 Å². The first kappa shape index (κ1) is 15.3. The molecule has 96 valence electrons. The van der Waals surface area contributed by atoms with Crippen molar-refractivity contribution in [1.29, 1.82) is 0 Å². The molecule has 0 aliphatic heterocycles. The van der Waals surface area contributed by atoms with E-state index in [9.17, 15) is 4.79 Å². The first-order valence-electron chi connectivity index (χ1n) is 5.69. The van der Waals surface area contributed by atoms with Gasteiger partial charge in [0, 0.05) is 26.7 Å². The highest BCUT2D eigenvalue weighted by Crippen LogP contribution is 2.03. The zero-order valence-corrected chi connectivity index (χ0v) is 10.2. The van der Waals surface area contributed by atoms with E-state index in [1.54, 1.807) is 7.11 Å². The lowest BCUT2D eigenvalue weighted by molar-refractivity contribution is -0.148. The molecule has 2 N–H and O–H groups in total. The normalized spacial score (nSPS) is 12.4. The van der Waals surface area contributed by atoms with E-state index >= 15 is 0 Å². The van der Waals surface area contributed by atoms with Crippen LogP contribution < -0.4 is 5.73 Å². The molecule has 0 heterocycles. The Morgan fingerprint density at radius 3 is 2.56 bits per heavy atom. The molecule has 0 aromatic heterocycles. The largest absolute Gasteiger partial charge is 0.465 e. The molecule has 0 rings (SSSR count). The average Bonchev–Trinajstić information content (AvgIpc) is 2.29. The highest BCUT2D eigenvalue weighted by molar-refractivity contribution is 5.72. The van der Waals surface area contributed by atoms with Gasteiger partial charge in [0.15, 0.2) is 0 Å². The molecule has 0 bridgehead atoms. The minimum Gasteiger partial charge on any atom is -0.465 e. The highest BCUT2D eigenvalue weighted by Gasteiger charge is 2.15. The minimum atomic E-state index is -0.207. The molecule has 0 aromatic rings. The molecule has 5 heteroatoms. The van der Waals surface area contributed by atoms with Gasteiger partial charge in [0.1, 0.15) is 0 Å². The maximum atomic E-state index is 11.4. The van der Waals surface area contributed by atoms with E-state index < -0.39 is 0 Å². The Hall–Kier alpha value is -0.650. The summed E-state index contributed by atoms with van der Waals surface area (Å²) in [6, 6.07) is 0. The third-order valence-electron chi connectivity index (χ3n) is 2.22. The first-order valence-corrected chi connectivity index (χ1v) is 5.69. The van der Waals surface area contributed by atoms with E-state index in [0.29, 0.717) is 39.4 Å². The van der Waals surface area contributed by atoms with Gasteiger partial charge in [-0.05, 0) is 6.42 Å². The third kappa shape index (κ3) is 7.62. The third-order valence-corrected chi connectivity index (χ3v) is 2.22. The van der Waals surface area contributed by atoms with Gasteiger partial charge in [0.25, 0.3) is 0 Å². The summed E-state index contributed by atoms with van der Waals surface area (Å²) >= 11 is 0. The maximum absolute atomic E-state index is 11.4. The van der Waals surface area contributed by atoms with E-state index in [4.69, 9.17) is 19.9 Å². The summed E-state index contributed by atoms with van der Waals surface area (Å²) < 4.78 is 15.1.